The lowest BCUT2D eigenvalue weighted by atomic mass is 10.3. The third-order valence-electron chi connectivity index (χ3n) is 1.75. The van der Waals surface area contributed by atoms with Crippen LogP contribution in [0.5, 0.6) is 0 Å². The van der Waals surface area contributed by atoms with E-state index in [1.165, 1.54) is 0 Å². The predicted octanol–water partition coefficient (Wildman–Crippen LogP) is 1.09. The van der Waals surface area contributed by atoms with E-state index in [4.69, 9.17) is 0 Å². The van der Waals surface area contributed by atoms with E-state index in [1.54, 1.807) is 0 Å². The fourth-order valence-electron chi connectivity index (χ4n) is 1.17. The first-order valence-corrected chi connectivity index (χ1v) is 5.91. The van der Waals surface area contributed by atoms with E-state index in [1.807, 2.05) is 27.7 Å². The summed E-state index contributed by atoms with van der Waals surface area (Å²) in [6.07, 6.45) is 0.429. The number of hydrogen-bond acceptors (Lipinski definition) is 2. The number of rotatable bonds is 6. The molecule has 0 spiro atoms. The number of hydrogen-bond donors (Lipinski definition) is 3. The van der Waals surface area contributed by atoms with E-state index in [-0.39, 0.29) is 35.9 Å². The summed E-state index contributed by atoms with van der Waals surface area (Å²) in [7, 11) is 0. The average Bonchev–Trinajstić information content (AvgIpc) is 2.17. The van der Waals surface area contributed by atoms with Gasteiger partial charge in [-0.15, -0.1) is 24.0 Å². The zero-order valence-corrected chi connectivity index (χ0v) is 13.5. The third kappa shape index (κ3) is 11.7. The lowest BCUT2D eigenvalue weighted by Gasteiger charge is -2.09. The van der Waals surface area contributed by atoms with Gasteiger partial charge in [0.05, 0.1) is 6.54 Å². The van der Waals surface area contributed by atoms with Crippen molar-refractivity contribution in [3.05, 3.63) is 0 Å². The Morgan fingerprint density at radius 3 is 2.12 bits per heavy atom. The molecule has 0 aromatic heterocycles. The molecule has 0 saturated heterocycles. The van der Waals surface area contributed by atoms with Crippen molar-refractivity contribution in [2.75, 3.05) is 19.6 Å². The van der Waals surface area contributed by atoms with Gasteiger partial charge in [-0.1, -0.05) is 0 Å². The van der Waals surface area contributed by atoms with Crippen LogP contribution >= 0.6 is 24.0 Å². The van der Waals surface area contributed by atoms with Gasteiger partial charge < -0.3 is 16.0 Å². The van der Waals surface area contributed by atoms with Crippen LogP contribution in [0.25, 0.3) is 0 Å². The number of carbonyl (C=O) groups excluding carboxylic acids is 1. The van der Waals surface area contributed by atoms with Crippen molar-refractivity contribution in [3.8, 4) is 0 Å². The Morgan fingerprint density at radius 1 is 1.18 bits per heavy atom. The number of nitrogens with zero attached hydrogens (tertiary/aromatic N) is 1. The van der Waals surface area contributed by atoms with Crippen LogP contribution in [-0.2, 0) is 4.79 Å². The molecule has 0 rings (SSSR count). The Hall–Kier alpha value is -0.530. The molecule has 0 bridgehead atoms. The van der Waals surface area contributed by atoms with E-state index in [2.05, 4.69) is 20.9 Å². The maximum Gasteiger partial charge on any atom is 0.222 e. The van der Waals surface area contributed by atoms with Crippen molar-refractivity contribution in [2.24, 2.45) is 4.99 Å². The Kier molecular flexibility index (Phi) is 13.2. The summed E-state index contributed by atoms with van der Waals surface area (Å²) in [6.45, 7) is 10.1. The van der Waals surface area contributed by atoms with Crippen LogP contribution in [0.3, 0.4) is 0 Å². The summed E-state index contributed by atoms with van der Waals surface area (Å²) in [5, 5.41) is 9.04. The maximum absolute atomic E-state index is 11.3. The first-order valence-electron chi connectivity index (χ1n) is 5.91. The first kappa shape index (κ1) is 18.8. The molecule has 3 N–H and O–H groups in total. The Bertz CT molecular complexity index is 224. The molecule has 0 fully saturated rings. The molecule has 0 aliphatic rings. The molecule has 0 aromatic carbocycles. The van der Waals surface area contributed by atoms with Gasteiger partial charge in [0.2, 0.25) is 5.91 Å². The summed E-state index contributed by atoms with van der Waals surface area (Å²) in [5.41, 5.74) is 0. The van der Waals surface area contributed by atoms with Crippen LogP contribution in [0, 0.1) is 0 Å². The van der Waals surface area contributed by atoms with Crippen molar-refractivity contribution in [2.45, 2.75) is 40.2 Å². The Balaban J connectivity index is 0. The van der Waals surface area contributed by atoms with E-state index >= 15 is 0 Å². The number of carbonyl (C=O) groups is 1. The molecular weight excluding hydrogens is 331 g/mol. The van der Waals surface area contributed by atoms with Gasteiger partial charge in [0, 0.05) is 25.6 Å². The van der Waals surface area contributed by atoms with Gasteiger partial charge in [0.1, 0.15) is 0 Å². The second-order valence-corrected chi connectivity index (χ2v) is 3.76. The minimum atomic E-state index is 0. The second kappa shape index (κ2) is 11.9. The van der Waals surface area contributed by atoms with E-state index in [0.29, 0.717) is 13.0 Å². The van der Waals surface area contributed by atoms with Crippen molar-refractivity contribution in [3.63, 3.8) is 0 Å². The number of nitrogens with one attached hydrogen (secondary N) is 3. The highest BCUT2D eigenvalue weighted by molar-refractivity contribution is 14.0. The SMILES string of the molecule is CCNC(=NCCC(=O)NC(C)C)NCC.I. The van der Waals surface area contributed by atoms with Crippen LogP contribution in [0.15, 0.2) is 4.99 Å². The molecule has 6 heteroatoms. The van der Waals surface area contributed by atoms with Gasteiger partial charge in [0.15, 0.2) is 5.96 Å². The molecule has 0 atom stereocenters. The molecule has 17 heavy (non-hydrogen) atoms. The molecule has 0 aliphatic carbocycles. The minimum Gasteiger partial charge on any atom is -0.357 e. The average molecular weight is 356 g/mol. The number of aliphatic imine (C=N–C) groups is 1. The maximum atomic E-state index is 11.3. The highest BCUT2D eigenvalue weighted by Crippen LogP contribution is 1.85. The largest absolute Gasteiger partial charge is 0.357 e. The smallest absolute Gasteiger partial charge is 0.222 e. The monoisotopic (exact) mass is 356 g/mol. The van der Waals surface area contributed by atoms with Crippen LogP contribution < -0.4 is 16.0 Å². The van der Waals surface area contributed by atoms with Gasteiger partial charge in [-0.25, -0.2) is 0 Å². The van der Waals surface area contributed by atoms with Gasteiger partial charge in [-0.05, 0) is 27.7 Å². The lowest BCUT2D eigenvalue weighted by Crippen LogP contribution is -2.37. The van der Waals surface area contributed by atoms with Crippen molar-refractivity contribution >= 4 is 35.8 Å². The standard InChI is InChI=1S/C11H24N4O.HI/c1-5-12-11(13-6-2)14-8-7-10(16)15-9(3)4;/h9H,5-8H2,1-4H3,(H,15,16)(H2,12,13,14);1H. The number of halogens is 1. The molecule has 102 valence electrons. The predicted molar refractivity (Wildman–Crippen MR) is 83.0 cm³/mol. The van der Waals surface area contributed by atoms with Crippen molar-refractivity contribution in [1.82, 2.24) is 16.0 Å². The lowest BCUT2D eigenvalue weighted by molar-refractivity contribution is -0.121. The zero-order valence-electron chi connectivity index (χ0n) is 11.2. The van der Waals surface area contributed by atoms with Gasteiger partial charge >= 0.3 is 0 Å². The van der Waals surface area contributed by atoms with Gasteiger partial charge in [-0.2, -0.15) is 0 Å². The second-order valence-electron chi connectivity index (χ2n) is 3.76. The molecule has 1 amide bonds. The summed E-state index contributed by atoms with van der Waals surface area (Å²) < 4.78 is 0. The van der Waals surface area contributed by atoms with Crippen molar-refractivity contribution < 1.29 is 4.79 Å². The zero-order chi connectivity index (χ0) is 12.4. The van der Waals surface area contributed by atoms with Crippen LogP contribution in [0.4, 0.5) is 0 Å². The fourth-order valence-corrected chi connectivity index (χ4v) is 1.17. The van der Waals surface area contributed by atoms with Crippen molar-refractivity contribution in [1.29, 1.82) is 0 Å². The minimum absolute atomic E-state index is 0. The van der Waals surface area contributed by atoms with Crippen LogP contribution in [-0.4, -0.2) is 37.5 Å². The van der Waals surface area contributed by atoms with Crippen LogP contribution in [0.2, 0.25) is 0 Å². The topological polar surface area (TPSA) is 65.5 Å². The normalized spacial score (nSPS) is 9.24. The Labute approximate surface area is 121 Å². The van der Waals surface area contributed by atoms with Gasteiger partial charge in [-0.3, -0.25) is 9.79 Å². The molecule has 0 heterocycles. The summed E-state index contributed by atoms with van der Waals surface area (Å²) in [4.78, 5) is 15.6. The highest BCUT2D eigenvalue weighted by atomic mass is 127. The van der Waals surface area contributed by atoms with Crippen LogP contribution in [0.1, 0.15) is 34.1 Å². The summed E-state index contributed by atoms with van der Waals surface area (Å²) in [6, 6.07) is 0.193. The third-order valence-corrected chi connectivity index (χ3v) is 1.75. The number of amides is 1. The molecule has 0 unspecified atom stereocenters. The van der Waals surface area contributed by atoms with E-state index < -0.39 is 0 Å². The molecule has 0 radical (unpaired) electrons. The van der Waals surface area contributed by atoms with E-state index in [9.17, 15) is 4.79 Å². The first-order chi connectivity index (χ1) is 7.60. The van der Waals surface area contributed by atoms with E-state index in [0.717, 1.165) is 19.0 Å². The molecule has 0 saturated carbocycles. The van der Waals surface area contributed by atoms with Gasteiger partial charge in [0.25, 0.3) is 0 Å². The Morgan fingerprint density at radius 2 is 1.71 bits per heavy atom. The molecule has 0 aliphatic heterocycles. The fraction of sp³-hybridized carbons (Fsp3) is 0.818. The highest BCUT2D eigenvalue weighted by Gasteiger charge is 2.02. The number of guanidine groups is 1. The molecule has 5 nitrogen and oxygen atoms in total. The summed E-state index contributed by atoms with van der Waals surface area (Å²) >= 11 is 0. The summed E-state index contributed by atoms with van der Waals surface area (Å²) in [5.74, 6) is 0.813. The quantitative estimate of drug-likeness (QED) is 0.379. The molecule has 0 aromatic rings. The molecular formula is C11H25IN4O.